The number of amides is 3. The maximum atomic E-state index is 13.0. The van der Waals surface area contributed by atoms with Crippen molar-refractivity contribution in [3.63, 3.8) is 0 Å². The van der Waals surface area contributed by atoms with Crippen LogP contribution in [0.4, 0.5) is 0 Å². The zero-order chi connectivity index (χ0) is 25.8. The Morgan fingerprint density at radius 1 is 1.03 bits per heavy atom. The van der Waals surface area contributed by atoms with Crippen molar-refractivity contribution in [3.05, 3.63) is 0 Å². The number of aliphatic imine (C=N–C) groups is 1. The van der Waals surface area contributed by atoms with E-state index in [0.29, 0.717) is 13.0 Å². The van der Waals surface area contributed by atoms with Gasteiger partial charge in [0.25, 0.3) is 0 Å². The molecule has 0 aliphatic carbocycles. The molecule has 34 heavy (non-hydrogen) atoms. The predicted octanol–water partition coefficient (Wildman–Crippen LogP) is -2.54. The van der Waals surface area contributed by atoms with Crippen LogP contribution in [0.2, 0.25) is 0 Å². The van der Waals surface area contributed by atoms with Crippen molar-refractivity contribution in [1.82, 2.24) is 21.3 Å². The van der Waals surface area contributed by atoms with Crippen LogP contribution in [0, 0.1) is 5.92 Å². The van der Waals surface area contributed by atoms with Gasteiger partial charge in [-0.15, -0.1) is 0 Å². The van der Waals surface area contributed by atoms with E-state index in [0.717, 1.165) is 6.42 Å². The molecule has 0 radical (unpaired) electrons. The van der Waals surface area contributed by atoms with E-state index in [-0.39, 0.29) is 37.2 Å². The van der Waals surface area contributed by atoms with Gasteiger partial charge in [0.15, 0.2) is 5.96 Å². The fraction of sp³-hybridized carbons (Fsp3) is 0.700. The largest absolute Gasteiger partial charge is 0.481 e. The highest BCUT2D eigenvalue weighted by atomic mass is 16.4. The van der Waals surface area contributed by atoms with Crippen molar-refractivity contribution in [2.24, 2.45) is 22.4 Å². The van der Waals surface area contributed by atoms with Crippen LogP contribution in [0.5, 0.6) is 0 Å². The summed E-state index contributed by atoms with van der Waals surface area (Å²) in [5, 5.41) is 28.5. The number of nitrogens with two attached hydrogens (primary N) is 2. The molecule has 0 aromatic carbocycles. The second kappa shape index (κ2) is 14.0. The first-order valence-corrected chi connectivity index (χ1v) is 11.1. The number of nitrogens with one attached hydrogen (secondary N) is 4. The van der Waals surface area contributed by atoms with E-state index in [2.05, 4.69) is 26.3 Å². The fourth-order valence-corrected chi connectivity index (χ4v) is 3.38. The number of nitrogens with zero attached hydrogens (tertiary/aromatic N) is 1. The van der Waals surface area contributed by atoms with Crippen molar-refractivity contribution in [2.45, 2.75) is 70.1 Å². The van der Waals surface area contributed by atoms with Crippen molar-refractivity contribution in [3.8, 4) is 0 Å². The molecule has 1 heterocycles. The van der Waals surface area contributed by atoms with Crippen molar-refractivity contribution >= 4 is 35.6 Å². The summed E-state index contributed by atoms with van der Waals surface area (Å²) in [4.78, 5) is 64.3. The van der Waals surface area contributed by atoms with Gasteiger partial charge in [-0.3, -0.25) is 24.2 Å². The average molecular weight is 486 g/mol. The maximum Gasteiger partial charge on any atom is 0.326 e. The molecule has 192 valence electrons. The number of carbonyl (C=O) groups excluding carboxylic acids is 3. The standard InChI is InChI=1S/C20H35N7O7/c1-10(2)15(27-16(30)11-5-3-7-23-11)18(32)25-12(6-4-8-24-20(21)22)17(31)26-13(19(33)34)9-14(28)29/h10-13,15,23H,3-9H2,1-2H3,(H,25,32)(H,26,31)(H,27,30)(H,28,29)(H,33,34)(H4,21,22,24). The molecule has 1 aliphatic rings. The summed E-state index contributed by atoms with van der Waals surface area (Å²) in [6, 6.07) is -4.24. The monoisotopic (exact) mass is 485 g/mol. The summed E-state index contributed by atoms with van der Waals surface area (Å²) in [5.74, 6) is -5.24. The summed E-state index contributed by atoms with van der Waals surface area (Å²) >= 11 is 0. The van der Waals surface area contributed by atoms with Gasteiger partial charge in [-0.2, -0.15) is 0 Å². The number of guanidine groups is 1. The van der Waals surface area contributed by atoms with Gasteiger partial charge in [0.2, 0.25) is 17.7 Å². The molecular weight excluding hydrogens is 450 g/mol. The van der Waals surface area contributed by atoms with Gasteiger partial charge in [0.1, 0.15) is 18.1 Å². The molecule has 3 amide bonds. The highest BCUT2D eigenvalue weighted by Crippen LogP contribution is 2.09. The summed E-state index contributed by atoms with van der Waals surface area (Å²) in [7, 11) is 0. The van der Waals surface area contributed by atoms with E-state index < -0.39 is 54.3 Å². The van der Waals surface area contributed by atoms with Gasteiger partial charge < -0.3 is 42.9 Å². The number of aliphatic carboxylic acids is 2. The van der Waals surface area contributed by atoms with E-state index in [1.807, 2.05) is 0 Å². The Morgan fingerprint density at radius 3 is 2.18 bits per heavy atom. The highest BCUT2D eigenvalue weighted by molar-refractivity contribution is 5.94. The molecule has 1 rings (SSSR count). The first kappa shape index (κ1) is 28.6. The van der Waals surface area contributed by atoms with Gasteiger partial charge in [-0.05, 0) is 38.1 Å². The second-order valence-electron chi connectivity index (χ2n) is 8.39. The summed E-state index contributed by atoms with van der Waals surface area (Å²) < 4.78 is 0. The molecule has 4 unspecified atom stereocenters. The van der Waals surface area contributed by atoms with Gasteiger partial charge >= 0.3 is 11.9 Å². The topological polar surface area (TPSA) is 238 Å². The molecule has 1 saturated heterocycles. The first-order chi connectivity index (χ1) is 15.9. The molecular formula is C20H35N7O7. The molecule has 10 N–H and O–H groups in total. The third kappa shape index (κ3) is 10.0. The molecule has 0 aromatic rings. The van der Waals surface area contributed by atoms with Gasteiger partial charge in [-0.25, -0.2) is 4.79 Å². The number of hydrogen-bond donors (Lipinski definition) is 8. The van der Waals surface area contributed by atoms with Gasteiger partial charge in [-0.1, -0.05) is 13.8 Å². The summed E-state index contributed by atoms with van der Waals surface area (Å²) in [6.07, 6.45) is 0.952. The lowest BCUT2D eigenvalue weighted by Crippen LogP contribution is -2.58. The number of carboxylic acids is 2. The Hall–Kier alpha value is -3.42. The molecule has 4 atom stereocenters. The minimum atomic E-state index is -1.68. The predicted molar refractivity (Wildman–Crippen MR) is 121 cm³/mol. The molecule has 0 aromatic heterocycles. The van der Waals surface area contributed by atoms with Crippen molar-refractivity contribution in [2.75, 3.05) is 13.1 Å². The summed E-state index contributed by atoms with van der Waals surface area (Å²) in [5.41, 5.74) is 10.6. The van der Waals surface area contributed by atoms with Crippen LogP contribution in [0.15, 0.2) is 4.99 Å². The van der Waals surface area contributed by atoms with E-state index >= 15 is 0 Å². The fourth-order valence-electron chi connectivity index (χ4n) is 3.38. The molecule has 14 nitrogen and oxygen atoms in total. The average Bonchev–Trinajstić information content (AvgIpc) is 3.27. The minimum Gasteiger partial charge on any atom is -0.481 e. The van der Waals surface area contributed by atoms with Crippen LogP contribution < -0.4 is 32.7 Å². The van der Waals surface area contributed by atoms with E-state index in [9.17, 15) is 29.1 Å². The van der Waals surface area contributed by atoms with Gasteiger partial charge in [0.05, 0.1) is 12.5 Å². The molecule has 0 bridgehead atoms. The SMILES string of the molecule is CC(C)C(NC(=O)C1CCCN1)C(=O)NC(CCCN=C(N)N)C(=O)NC(CC(=O)O)C(=O)O. The molecule has 1 aliphatic heterocycles. The van der Waals surface area contributed by atoms with Crippen LogP contribution in [0.3, 0.4) is 0 Å². The van der Waals surface area contributed by atoms with Crippen molar-refractivity contribution in [1.29, 1.82) is 0 Å². The van der Waals surface area contributed by atoms with Crippen LogP contribution >= 0.6 is 0 Å². The molecule has 14 heteroatoms. The Kier molecular flexibility index (Phi) is 11.8. The van der Waals surface area contributed by atoms with Crippen LogP contribution in [-0.4, -0.2) is 83.1 Å². The zero-order valence-corrected chi connectivity index (χ0v) is 19.4. The number of hydrogen-bond acceptors (Lipinski definition) is 7. The van der Waals surface area contributed by atoms with Crippen LogP contribution in [0.25, 0.3) is 0 Å². The second-order valence-corrected chi connectivity index (χ2v) is 8.39. The summed E-state index contributed by atoms with van der Waals surface area (Å²) in [6.45, 7) is 4.31. The normalized spacial score (nSPS) is 17.8. The molecule has 0 saturated carbocycles. The smallest absolute Gasteiger partial charge is 0.326 e. The molecule has 1 fully saturated rings. The van der Waals surface area contributed by atoms with E-state index in [1.165, 1.54) is 0 Å². The highest BCUT2D eigenvalue weighted by Gasteiger charge is 2.33. The number of carboxylic acid groups (broad SMARTS) is 2. The Balaban J connectivity index is 2.94. The Bertz CT molecular complexity index is 777. The Morgan fingerprint density at radius 2 is 1.68 bits per heavy atom. The van der Waals surface area contributed by atoms with Crippen LogP contribution in [-0.2, 0) is 24.0 Å². The quantitative estimate of drug-likeness (QED) is 0.0728. The maximum absolute atomic E-state index is 13.0. The lowest BCUT2D eigenvalue weighted by atomic mass is 10.0. The lowest BCUT2D eigenvalue weighted by Gasteiger charge is -2.27. The minimum absolute atomic E-state index is 0.0384. The number of carbonyl (C=O) groups is 5. The molecule has 0 spiro atoms. The van der Waals surface area contributed by atoms with E-state index in [1.54, 1.807) is 13.8 Å². The Labute approximate surface area is 197 Å². The lowest BCUT2D eigenvalue weighted by molar-refractivity contribution is -0.147. The van der Waals surface area contributed by atoms with Gasteiger partial charge in [0, 0.05) is 6.54 Å². The third-order valence-corrected chi connectivity index (χ3v) is 5.20. The van der Waals surface area contributed by atoms with Crippen LogP contribution in [0.1, 0.15) is 46.0 Å². The van der Waals surface area contributed by atoms with E-state index in [4.69, 9.17) is 16.6 Å². The zero-order valence-electron chi connectivity index (χ0n) is 19.4. The van der Waals surface area contributed by atoms with Crippen molar-refractivity contribution < 1.29 is 34.2 Å². The first-order valence-electron chi connectivity index (χ1n) is 11.1. The number of rotatable bonds is 14. The third-order valence-electron chi connectivity index (χ3n) is 5.20.